The summed E-state index contributed by atoms with van der Waals surface area (Å²) in [5.41, 5.74) is 0.457. The average Bonchev–Trinajstić information content (AvgIpc) is 3.42. The fraction of sp³-hybridized carbons (Fsp3) is 0.278. The summed E-state index contributed by atoms with van der Waals surface area (Å²) in [6.07, 6.45) is 1.50. The molecule has 1 atom stereocenters. The molecule has 1 aliphatic heterocycles. The van der Waals surface area contributed by atoms with Gasteiger partial charge in [0.05, 0.1) is 0 Å². The van der Waals surface area contributed by atoms with Crippen molar-refractivity contribution in [3.05, 3.63) is 57.6 Å². The smallest absolute Gasteiger partial charge is 0.286 e. The molecular formula is C18H17FN4O3S3. The maximum atomic E-state index is 13.0. The van der Waals surface area contributed by atoms with E-state index in [1.807, 2.05) is 0 Å². The van der Waals surface area contributed by atoms with Gasteiger partial charge in [0.2, 0.25) is 5.01 Å². The summed E-state index contributed by atoms with van der Waals surface area (Å²) in [6, 6.07) is 8.76. The molecule has 0 saturated carbocycles. The molecule has 1 N–H and O–H groups in total. The van der Waals surface area contributed by atoms with Gasteiger partial charge in [0, 0.05) is 24.7 Å². The first-order valence-electron chi connectivity index (χ1n) is 8.87. The monoisotopic (exact) mass is 452 g/mol. The number of hydrogen-bond acceptors (Lipinski definition) is 7. The zero-order chi connectivity index (χ0) is 20.4. The van der Waals surface area contributed by atoms with Crippen molar-refractivity contribution in [1.82, 2.24) is 14.5 Å². The van der Waals surface area contributed by atoms with E-state index in [9.17, 15) is 17.6 Å². The van der Waals surface area contributed by atoms with Crippen molar-refractivity contribution in [2.45, 2.75) is 23.0 Å². The highest BCUT2D eigenvalue weighted by Crippen LogP contribution is 2.33. The lowest BCUT2D eigenvalue weighted by Crippen LogP contribution is -2.38. The molecule has 0 aliphatic carbocycles. The van der Waals surface area contributed by atoms with Crippen LogP contribution in [0.4, 0.5) is 10.1 Å². The van der Waals surface area contributed by atoms with Gasteiger partial charge >= 0.3 is 0 Å². The predicted octanol–water partition coefficient (Wildman–Crippen LogP) is 3.56. The number of rotatable bonds is 5. The lowest BCUT2D eigenvalue weighted by atomic mass is 10.0. The Balaban J connectivity index is 1.46. The van der Waals surface area contributed by atoms with Crippen LogP contribution in [0.15, 0.2) is 46.0 Å². The van der Waals surface area contributed by atoms with E-state index in [0.717, 1.165) is 17.8 Å². The minimum absolute atomic E-state index is 0.108. The lowest BCUT2D eigenvalue weighted by Gasteiger charge is -2.30. The molecule has 1 saturated heterocycles. The van der Waals surface area contributed by atoms with Crippen molar-refractivity contribution in [2.24, 2.45) is 0 Å². The third-order valence-corrected chi connectivity index (χ3v) is 8.88. The minimum atomic E-state index is -3.51. The number of amides is 1. The lowest BCUT2D eigenvalue weighted by molar-refractivity contribution is 0.102. The molecule has 4 rings (SSSR count). The fourth-order valence-electron chi connectivity index (χ4n) is 3.11. The van der Waals surface area contributed by atoms with Crippen molar-refractivity contribution in [2.75, 3.05) is 18.4 Å². The Morgan fingerprint density at radius 1 is 1.21 bits per heavy atom. The second kappa shape index (κ2) is 8.27. The Hall–Kier alpha value is -2.21. The zero-order valence-corrected chi connectivity index (χ0v) is 17.6. The first-order chi connectivity index (χ1) is 13.9. The number of halogens is 1. The molecule has 1 fully saturated rings. The highest BCUT2D eigenvalue weighted by Gasteiger charge is 2.33. The van der Waals surface area contributed by atoms with Crippen LogP contribution in [-0.2, 0) is 10.0 Å². The Bertz CT molecular complexity index is 1100. The summed E-state index contributed by atoms with van der Waals surface area (Å²) in [5, 5.41) is 13.3. The molecule has 2 aromatic heterocycles. The van der Waals surface area contributed by atoms with E-state index in [2.05, 4.69) is 15.5 Å². The van der Waals surface area contributed by atoms with Gasteiger partial charge in [-0.1, -0.05) is 17.4 Å². The van der Waals surface area contributed by atoms with Crippen LogP contribution < -0.4 is 5.32 Å². The van der Waals surface area contributed by atoms with E-state index in [-0.39, 0.29) is 16.7 Å². The molecule has 0 radical (unpaired) electrons. The Morgan fingerprint density at radius 3 is 2.72 bits per heavy atom. The van der Waals surface area contributed by atoms with E-state index >= 15 is 0 Å². The summed E-state index contributed by atoms with van der Waals surface area (Å²) in [7, 11) is -3.51. The molecule has 29 heavy (non-hydrogen) atoms. The number of benzene rings is 1. The maximum absolute atomic E-state index is 13.0. The van der Waals surface area contributed by atoms with Crippen LogP contribution in [0, 0.1) is 5.82 Å². The first kappa shape index (κ1) is 20.1. The number of piperidine rings is 1. The normalized spacial score (nSPS) is 17.9. The standard InChI is InChI=1S/C18H17FN4O3S3/c19-13-5-7-14(8-6-13)20-16(24)18-22-21-17(28-18)12-3-1-9-23(11-12)29(25,26)15-4-2-10-27-15/h2,4-8,10,12H,1,3,9,11H2,(H,20,24)/t12-/m1/s1. The van der Waals surface area contributed by atoms with Gasteiger partial charge in [-0.2, -0.15) is 4.31 Å². The molecular weight excluding hydrogens is 435 g/mol. The predicted molar refractivity (Wildman–Crippen MR) is 109 cm³/mol. The van der Waals surface area contributed by atoms with Crippen molar-refractivity contribution >= 4 is 44.3 Å². The van der Waals surface area contributed by atoms with E-state index < -0.39 is 15.9 Å². The molecule has 0 spiro atoms. The molecule has 1 amide bonds. The van der Waals surface area contributed by atoms with Gasteiger partial charge in [0.15, 0.2) is 0 Å². The molecule has 0 bridgehead atoms. The number of carbonyl (C=O) groups is 1. The van der Waals surface area contributed by atoms with Gasteiger partial charge in [0.25, 0.3) is 15.9 Å². The van der Waals surface area contributed by atoms with E-state index in [1.54, 1.807) is 17.5 Å². The highest BCUT2D eigenvalue weighted by atomic mass is 32.2. The number of nitrogens with zero attached hydrogens (tertiary/aromatic N) is 3. The van der Waals surface area contributed by atoms with Crippen LogP contribution in [0.2, 0.25) is 0 Å². The van der Waals surface area contributed by atoms with Crippen LogP contribution in [0.1, 0.15) is 33.6 Å². The van der Waals surface area contributed by atoms with Gasteiger partial charge in [0.1, 0.15) is 15.0 Å². The molecule has 11 heteroatoms. The number of hydrogen-bond donors (Lipinski definition) is 1. The second-order valence-corrected chi connectivity index (χ2v) is 10.7. The van der Waals surface area contributed by atoms with Gasteiger partial charge in [-0.15, -0.1) is 21.5 Å². The molecule has 1 aliphatic rings. The van der Waals surface area contributed by atoms with Gasteiger partial charge in [-0.3, -0.25) is 4.79 Å². The first-order valence-corrected chi connectivity index (χ1v) is 12.0. The number of anilines is 1. The summed E-state index contributed by atoms with van der Waals surface area (Å²) in [4.78, 5) is 12.4. The van der Waals surface area contributed by atoms with E-state index in [4.69, 9.17) is 0 Å². The van der Waals surface area contributed by atoms with Crippen molar-refractivity contribution in [1.29, 1.82) is 0 Å². The van der Waals surface area contributed by atoms with Crippen LogP contribution >= 0.6 is 22.7 Å². The summed E-state index contributed by atoms with van der Waals surface area (Å²) in [6.45, 7) is 0.780. The summed E-state index contributed by atoms with van der Waals surface area (Å²) < 4.78 is 40.3. The number of carbonyl (C=O) groups excluding carboxylic acids is 1. The molecule has 0 unspecified atom stereocenters. The number of nitrogens with one attached hydrogen (secondary N) is 1. The molecule has 3 heterocycles. The van der Waals surface area contributed by atoms with Crippen LogP contribution in [-0.4, -0.2) is 41.9 Å². The van der Waals surface area contributed by atoms with Crippen molar-refractivity contribution < 1.29 is 17.6 Å². The second-order valence-electron chi connectivity index (χ2n) is 6.54. The minimum Gasteiger partial charge on any atom is -0.320 e. The van der Waals surface area contributed by atoms with E-state index in [0.29, 0.717) is 34.4 Å². The Kier molecular flexibility index (Phi) is 5.72. The number of aromatic nitrogens is 2. The van der Waals surface area contributed by atoms with Gasteiger partial charge < -0.3 is 5.32 Å². The average molecular weight is 453 g/mol. The largest absolute Gasteiger partial charge is 0.320 e. The van der Waals surface area contributed by atoms with Crippen LogP contribution in [0.25, 0.3) is 0 Å². The highest BCUT2D eigenvalue weighted by molar-refractivity contribution is 7.91. The summed E-state index contributed by atoms with van der Waals surface area (Å²) >= 11 is 2.35. The number of sulfonamides is 1. The third-order valence-electron chi connectivity index (χ3n) is 4.56. The topological polar surface area (TPSA) is 92.3 Å². The molecule has 7 nitrogen and oxygen atoms in total. The number of thiophene rings is 1. The third kappa shape index (κ3) is 4.37. The van der Waals surface area contributed by atoms with Gasteiger partial charge in [-0.05, 0) is 48.6 Å². The Labute approximate surface area is 175 Å². The van der Waals surface area contributed by atoms with Crippen molar-refractivity contribution in [3.8, 4) is 0 Å². The zero-order valence-electron chi connectivity index (χ0n) is 15.1. The quantitative estimate of drug-likeness (QED) is 0.639. The maximum Gasteiger partial charge on any atom is 0.286 e. The fourth-order valence-corrected chi connectivity index (χ4v) is 6.64. The van der Waals surface area contributed by atoms with Crippen LogP contribution in [0.5, 0.6) is 0 Å². The molecule has 3 aromatic rings. The Morgan fingerprint density at radius 2 is 2.00 bits per heavy atom. The SMILES string of the molecule is O=C(Nc1ccc(F)cc1)c1nnc([C@@H]2CCCN(S(=O)(=O)c3cccs3)C2)s1. The van der Waals surface area contributed by atoms with Crippen LogP contribution in [0.3, 0.4) is 0 Å². The van der Waals surface area contributed by atoms with E-state index in [1.165, 1.54) is 39.9 Å². The van der Waals surface area contributed by atoms with Gasteiger partial charge in [-0.25, -0.2) is 12.8 Å². The molecule has 152 valence electrons. The summed E-state index contributed by atoms with van der Waals surface area (Å²) in [5.74, 6) is -0.928. The molecule has 1 aromatic carbocycles. The van der Waals surface area contributed by atoms with Crippen molar-refractivity contribution in [3.63, 3.8) is 0 Å².